The molecule has 5 nitrogen and oxygen atoms in total. The number of likely N-dealkylation sites (tertiary alicyclic amines) is 2. The van der Waals surface area contributed by atoms with E-state index in [0.29, 0.717) is 12.0 Å². The van der Waals surface area contributed by atoms with Crippen LogP contribution in [-0.2, 0) is 11.2 Å². The van der Waals surface area contributed by atoms with E-state index >= 15 is 0 Å². The highest BCUT2D eigenvalue weighted by Gasteiger charge is 2.29. The Hall–Kier alpha value is -1.75. The monoisotopic (exact) mass is 346 g/mol. The van der Waals surface area contributed by atoms with Crippen LogP contribution in [0.4, 0.5) is 4.79 Å². The molecule has 2 saturated heterocycles. The lowest BCUT2D eigenvalue weighted by Gasteiger charge is -2.38. The quantitative estimate of drug-likeness (QED) is 0.841. The van der Waals surface area contributed by atoms with E-state index in [-0.39, 0.29) is 6.03 Å². The molecule has 0 aliphatic carbocycles. The van der Waals surface area contributed by atoms with Gasteiger partial charge in [-0.05, 0) is 55.7 Å². The highest BCUT2D eigenvalue weighted by atomic mass is 16.5. The zero-order valence-electron chi connectivity index (χ0n) is 15.4. The summed E-state index contributed by atoms with van der Waals surface area (Å²) < 4.78 is 10.7. The standard InChI is InChI=1S/C20H30N2O3/c1-24-18-8-12-22(13-9-18)20(23)21-10-6-16(7-11-21)14-17-4-3-5-19(15-17)25-2/h3-5,15-16,18H,6-14H2,1-2H3. The minimum Gasteiger partial charge on any atom is -0.497 e. The molecule has 0 saturated carbocycles. The number of hydrogen-bond acceptors (Lipinski definition) is 3. The maximum Gasteiger partial charge on any atom is 0.320 e. The molecule has 1 aromatic carbocycles. The fraction of sp³-hybridized carbons (Fsp3) is 0.650. The summed E-state index contributed by atoms with van der Waals surface area (Å²) in [6, 6.07) is 8.54. The van der Waals surface area contributed by atoms with Crippen molar-refractivity contribution in [3.8, 4) is 5.75 Å². The van der Waals surface area contributed by atoms with Crippen molar-refractivity contribution in [2.75, 3.05) is 40.4 Å². The van der Waals surface area contributed by atoms with E-state index in [4.69, 9.17) is 9.47 Å². The first-order chi connectivity index (χ1) is 12.2. The molecule has 2 heterocycles. The minimum absolute atomic E-state index is 0.217. The first kappa shape index (κ1) is 18.1. The second-order valence-electron chi connectivity index (χ2n) is 7.19. The summed E-state index contributed by atoms with van der Waals surface area (Å²) in [6.07, 6.45) is 5.45. The van der Waals surface area contributed by atoms with Gasteiger partial charge in [-0.3, -0.25) is 0 Å². The van der Waals surface area contributed by atoms with Crippen molar-refractivity contribution >= 4 is 6.03 Å². The molecule has 2 aliphatic rings. The van der Waals surface area contributed by atoms with Crippen LogP contribution < -0.4 is 4.74 Å². The summed E-state index contributed by atoms with van der Waals surface area (Å²) in [5.74, 6) is 1.57. The third-order valence-corrected chi connectivity index (χ3v) is 5.59. The highest BCUT2D eigenvalue weighted by molar-refractivity contribution is 5.74. The number of carbonyl (C=O) groups is 1. The van der Waals surface area contributed by atoms with Gasteiger partial charge in [0.05, 0.1) is 13.2 Å². The van der Waals surface area contributed by atoms with Gasteiger partial charge in [0.1, 0.15) is 5.75 Å². The molecule has 3 rings (SSSR count). The van der Waals surface area contributed by atoms with E-state index in [1.165, 1.54) is 5.56 Å². The van der Waals surface area contributed by atoms with Crippen molar-refractivity contribution in [2.24, 2.45) is 5.92 Å². The van der Waals surface area contributed by atoms with Crippen molar-refractivity contribution in [1.29, 1.82) is 0 Å². The lowest BCUT2D eigenvalue weighted by Crippen LogP contribution is -2.50. The molecule has 2 fully saturated rings. The second kappa shape index (κ2) is 8.56. The van der Waals surface area contributed by atoms with Crippen LogP contribution in [-0.4, -0.2) is 62.3 Å². The zero-order valence-corrected chi connectivity index (χ0v) is 15.4. The molecule has 5 heteroatoms. The molecule has 0 spiro atoms. The summed E-state index contributed by atoms with van der Waals surface area (Å²) in [7, 11) is 3.47. The van der Waals surface area contributed by atoms with Gasteiger partial charge in [-0.2, -0.15) is 0 Å². The van der Waals surface area contributed by atoms with Gasteiger partial charge in [0.15, 0.2) is 0 Å². The van der Waals surface area contributed by atoms with Crippen LogP contribution in [0.3, 0.4) is 0 Å². The maximum absolute atomic E-state index is 12.7. The number of nitrogens with zero attached hydrogens (tertiary/aromatic N) is 2. The zero-order chi connectivity index (χ0) is 17.6. The lowest BCUT2D eigenvalue weighted by molar-refractivity contribution is 0.0425. The normalized spacial score (nSPS) is 19.9. The molecule has 0 aromatic heterocycles. The third-order valence-electron chi connectivity index (χ3n) is 5.59. The van der Waals surface area contributed by atoms with E-state index in [0.717, 1.165) is 64.0 Å². The Bertz CT molecular complexity index is 562. The van der Waals surface area contributed by atoms with E-state index in [2.05, 4.69) is 18.2 Å². The van der Waals surface area contributed by atoms with Gasteiger partial charge < -0.3 is 19.3 Å². The Balaban J connectivity index is 1.46. The molecular formula is C20H30N2O3. The highest BCUT2D eigenvalue weighted by Crippen LogP contribution is 2.25. The summed E-state index contributed by atoms with van der Waals surface area (Å²) in [5, 5.41) is 0. The van der Waals surface area contributed by atoms with Crippen molar-refractivity contribution in [1.82, 2.24) is 9.80 Å². The number of ether oxygens (including phenoxy) is 2. The smallest absolute Gasteiger partial charge is 0.320 e. The van der Waals surface area contributed by atoms with Crippen molar-refractivity contribution in [2.45, 2.75) is 38.2 Å². The summed E-state index contributed by atoms with van der Waals surface area (Å²) in [4.78, 5) is 16.7. The predicted molar refractivity (Wildman–Crippen MR) is 98.0 cm³/mol. The molecule has 0 radical (unpaired) electrons. The van der Waals surface area contributed by atoms with Crippen LogP contribution in [0.5, 0.6) is 5.75 Å². The van der Waals surface area contributed by atoms with Gasteiger partial charge >= 0.3 is 6.03 Å². The van der Waals surface area contributed by atoms with Gasteiger partial charge in [0.25, 0.3) is 0 Å². The van der Waals surface area contributed by atoms with Crippen LogP contribution in [0, 0.1) is 5.92 Å². The number of methoxy groups -OCH3 is 2. The Morgan fingerprint density at radius 1 is 1.04 bits per heavy atom. The molecule has 0 unspecified atom stereocenters. The van der Waals surface area contributed by atoms with Crippen LogP contribution in [0.25, 0.3) is 0 Å². The molecule has 138 valence electrons. The Morgan fingerprint density at radius 3 is 2.28 bits per heavy atom. The number of carbonyl (C=O) groups excluding carboxylic acids is 1. The van der Waals surface area contributed by atoms with Crippen molar-refractivity contribution < 1.29 is 14.3 Å². The largest absolute Gasteiger partial charge is 0.497 e. The van der Waals surface area contributed by atoms with Gasteiger partial charge in [0, 0.05) is 33.3 Å². The molecule has 2 amide bonds. The average molecular weight is 346 g/mol. The fourth-order valence-electron chi connectivity index (χ4n) is 3.94. The Morgan fingerprint density at radius 2 is 1.68 bits per heavy atom. The summed E-state index contributed by atoms with van der Waals surface area (Å²) in [6.45, 7) is 3.39. The molecule has 25 heavy (non-hydrogen) atoms. The van der Waals surface area contributed by atoms with Crippen LogP contribution in [0.15, 0.2) is 24.3 Å². The number of amides is 2. The first-order valence-electron chi connectivity index (χ1n) is 9.39. The summed E-state index contributed by atoms with van der Waals surface area (Å²) in [5.41, 5.74) is 1.32. The Labute approximate surface area is 150 Å². The average Bonchev–Trinajstić information content (AvgIpc) is 2.68. The number of hydrogen-bond donors (Lipinski definition) is 0. The number of benzene rings is 1. The van der Waals surface area contributed by atoms with E-state index < -0.39 is 0 Å². The fourth-order valence-corrected chi connectivity index (χ4v) is 3.94. The van der Waals surface area contributed by atoms with Crippen LogP contribution in [0.1, 0.15) is 31.2 Å². The second-order valence-corrected chi connectivity index (χ2v) is 7.19. The minimum atomic E-state index is 0.217. The molecule has 0 atom stereocenters. The number of urea groups is 1. The van der Waals surface area contributed by atoms with Crippen LogP contribution >= 0.6 is 0 Å². The molecule has 2 aliphatic heterocycles. The van der Waals surface area contributed by atoms with E-state index in [1.807, 2.05) is 15.9 Å². The van der Waals surface area contributed by atoms with Crippen LogP contribution in [0.2, 0.25) is 0 Å². The van der Waals surface area contributed by atoms with Gasteiger partial charge in [-0.15, -0.1) is 0 Å². The van der Waals surface area contributed by atoms with Gasteiger partial charge in [-0.1, -0.05) is 12.1 Å². The molecule has 0 N–H and O–H groups in total. The lowest BCUT2D eigenvalue weighted by atomic mass is 9.90. The molecular weight excluding hydrogens is 316 g/mol. The Kier molecular flexibility index (Phi) is 6.19. The molecule has 1 aromatic rings. The number of piperidine rings is 2. The maximum atomic E-state index is 12.7. The van der Waals surface area contributed by atoms with E-state index in [1.54, 1.807) is 14.2 Å². The predicted octanol–water partition coefficient (Wildman–Crippen LogP) is 3.18. The number of rotatable bonds is 4. The summed E-state index contributed by atoms with van der Waals surface area (Å²) >= 11 is 0. The molecule has 0 bridgehead atoms. The van der Waals surface area contributed by atoms with Gasteiger partial charge in [0.2, 0.25) is 0 Å². The first-order valence-corrected chi connectivity index (χ1v) is 9.39. The van der Waals surface area contributed by atoms with Crippen molar-refractivity contribution in [3.63, 3.8) is 0 Å². The van der Waals surface area contributed by atoms with Gasteiger partial charge in [-0.25, -0.2) is 4.79 Å². The van der Waals surface area contributed by atoms with Crippen molar-refractivity contribution in [3.05, 3.63) is 29.8 Å². The third kappa shape index (κ3) is 4.66. The SMILES string of the molecule is COc1cccc(CC2CCN(C(=O)N3CCC(OC)CC3)CC2)c1. The topological polar surface area (TPSA) is 42.0 Å². The van der Waals surface area contributed by atoms with E-state index in [9.17, 15) is 4.79 Å².